The first-order valence-electron chi connectivity index (χ1n) is 9.23. The molecule has 1 aromatic carbocycles. The molecule has 124 valence electrons. The van der Waals surface area contributed by atoms with Crippen LogP contribution in [0.25, 0.3) is 0 Å². The van der Waals surface area contributed by atoms with Crippen LogP contribution in [0.1, 0.15) is 70.4 Å². The van der Waals surface area contributed by atoms with Gasteiger partial charge in [-0.05, 0) is 42.4 Å². The number of nitriles is 1. The van der Waals surface area contributed by atoms with Gasteiger partial charge < -0.3 is 0 Å². The summed E-state index contributed by atoms with van der Waals surface area (Å²) < 4.78 is 0. The second kappa shape index (κ2) is 11.1. The van der Waals surface area contributed by atoms with Crippen LogP contribution in [0.2, 0.25) is 18.1 Å². The minimum atomic E-state index is -1.49. The Kier molecular flexibility index (Phi) is 9.42. The van der Waals surface area contributed by atoms with Crippen molar-refractivity contribution in [2.24, 2.45) is 0 Å². The third kappa shape index (κ3) is 7.06. The molecular weight excluding hydrogens is 294 g/mol. The molecule has 0 spiro atoms. The second-order valence-electron chi connectivity index (χ2n) is 6.53. The number of hydrogen-bond acceptors (Lipinski definition) is 1. The normalized spacial score (nSPS) is 10.7. The summed E-state index contributed by atoms with van der Waals surface area (Å²) in [5.41, 5.74) is 5.57. The highest BCUT2D eigenvalue weighted by atomic mass is 28.3. The van der Waals surface area contributed by atoms with Crippen molar-refractivity contribution in [2.75, 3.05) is 0 Å². The Morgan fingerprint density at radius 3 is 1.61 bits per heavy atom. The largest absolute Gasteiger partial charge is 0.192 e. The maximum Gasteiger partial charge on any atom is 0.138 e. The van der Waals surface area contributed by atoms with Gasteiger partial charge in [0.15, 0.2) is 0 Å². The number of unbranched alkanes of at least 4 members (excludes halogenated alkanes) is 3. The lowest BCUT2D eigenvalue weighted by molar-refractivity contribution is 0.802. The van der Waals surface area contributed by atoms with Gasteiger partial charge in [-0.25, -0.2) is 0 Å². The van der Waals surface area contributed by atoms with E-state index in [1.807, 2.05) is 24.3 Å². The van der Waals surface area contributed by atoms with Gasteiger partial charge in [-0.3, -0.25) is 0 Å². The third-order valence-corrected chi connectivity index (χ3v) is 9.10. The van der Waals surface area contributed by atoms with Gasteiger partial charge in [-0.2, -0.15) is 5.26 Å². The minimum Gasteiger partial charge on any atom is -0.192 e. The van der Waals surface area contributed by atoms with Crippen LogP contribution in [-0.4, -0.2) is 8.07 Å². The fraction of sp³-hybridized carbons (Fsp3) is 0.571. The maximum atomic E-state index is 8.90. The molecule has 0 unspecified atom stereocenters. The van der Waals surface area contributed by atoms with Crippen molar-refractivity contribution in [1.82, 2.24) is 0 Å². The average molecular weight is 326 g/mol. The maximum absolute atomic E-state index is 8.90. The lowest BCUT2D eigenvalue weighted by atomic mass is 10.2. The first-order valence-corrected chi connectivity index (χ1v) is 11.8. The van der Waals surface area contributed by atoms with E-state index in [0.717, 1.165) is 5.56 Å². The summed E-state index contributed by atoms with van der Waals surface area (Å²) in [4.78, 5) is 0. The molecule has 0 aliphatic heterocycles. The summed E-state index contributed by atoms with van der Waals surface area (Å²) in [6.07, 6.45) is 7.77. The summed E-state index contributed by atoms with van der Waals surface area (Å²) >= 11 is 0. The van der Waals surface area contributed by atoms with Crippen LogP contribution in [0.15, 0.2) is 24.3 Å². The van der Waals surface area contributed by atoms with Crippen molar-refractivity contribution in [3.8, 4) is 17.5 Å². The van der Waals surface area contributed by atoms with Crippen LogP contribution in [-0.2, 0) is 0 Å². The van der Waals surface area contributed by atoms with Gasteiger partial charge >= 0.3 is 0 Å². The van der Waals surface area contributed by atoms with E-state index in [0.29, 0.717) is 5.56 Å². The van der Waals surface area contributed by atoms with Crippen LogP contribution in [0.4, 0.5) is 0 Å². The molecule has 0 radical (unpaired) electrons. The quantitative estimate of drug-likeness (QED) is 0.386. The Morgan fingerprint density at radius 2 is 1.22 bits per heavy atom. The predicted octanol–water partition coefficient (Wildman–Crippen LogP) is 6.30. The first kappa shape index (κ1) is 19.5. The molecule has 0 fully saturated rings. The van der Waals surface area contributed by atoms with Crippen molar-refractivity contribution in [1.29, 1.82) is 5.26 Å². The molecule has 1 nitrogen and oxygen atoms in total. The monoisotopic (exact) mass is 325 g/mol. The summed E-state index contributed by atoms with van der Waals surface area (Å²) in [5, 5.41) is 8.90. The van der Waals surface area contributed by atoms with Crippen LogP contribution < -0.4 is 0 Å². The highest BCUT2D eigenvalue weighted by Gasteiger charge is 2.29. The molecule has 0 heterocycles. The van der Waals surface area contributed by atoms with Crippen molar-refractivity contribution in [2.45, 2.75) is 77.4 Å². The summed E-state index contributed by atoms with van der Waals surface area (Å²) in [7, 11) is -1.49. The van der Waals surface area contributed by atoms with E-state index in [1.54, 1.807) is 0 Å². The smallest absolute Gasteiger partial charge is 0.138 e. The molecule has 0 bridgehead atoms. The van der Waals surface area contributed by atoms with Crippen molar-refractivity contribution >= 4 is 8.07 Å². The van der Waals surface area contributed by atoms with E-state index in [1.165, 1.54) is 56.7 Å². The SMILES string of the molecule is CCCC[Si](C#Cc1ccc(C#N)cc1)(CCCC)CCCC. The fourth-order valence-corrected chi connectivity index (χ4v) is 7.57. The van der Waals surface area contributed by atoms with Gasteiger partial charge in [0.25, 0.3) is 0 Å². The first-order chi connectivity index (χ1) is 11.2. The van der Waals surface area contributed by atoms with Gasteiger partial charge in [-0.15, -0.1) is 5.54 Å². The average Bonchev–Trinajstić information content (AvgIpc) is 2.61. The molecular formula is C21H31NSi. The van der Waals surface area contributed by atoms with Crippen molar-refractivity contribution in [3.05, 3.63) is 35.4 Å². The molecule has 1 aromatic rings. The number of rotatable bonds is 9. The van der Waals surface area contributed by atoms with E-state index >= 15 is 0 Å². The Balaban J connectivity index is 2.99. The summed E-state index contributed by atoms with van der Waals surface area (Å²) in [6, 6.07) is 14.0. The minimum absolute atomic E-state index is 0.710. The number of nitrogens with zero attached hydrogens (tertiary/aromatic N) is 1. The van der Waals surface area contributed by atoms with Crippen LogP contribution in [0.3, 0.4) is 0 Å². The molecule has 0 saturated heterocycles. The van der Waals surface area contributed by atoms with Gasteiger partial charge in [0, 0.05) is 5.56 Å². The Hall–Kier alpha value is -1.51. The van der Waals surface area contributed by atoms with E-state index < -0.39 is 8.07 Å². The summed E-state index contributed by atoms with van der Waals surface area (Å²) in [6.45, 7) is 6.85. The molecule has 0 aliphatic carbocycles. The van der Waals surface area contributed by atoms with Crippen molar-refractivity contribution in [3.63, 3.8) is 0 Å². The molecule has 0 N–H and O–H groups in total. The summed E-state index contributed by atoms with van der Waals surface area (Å²) in [5.74, 6) is 3.47. The number of benzene rings is 1. The highest BCUT2D eigenvalue weighted by molar-refractivity contribution is 6.87. The van der Waals surface area contributed by atoms with E-state index in [-0.39, 0.29) is 0 Å². The van der Waals surface area contributed by atoms with E-state index in [4.69, 9.17) is 5.26 Å². The fourth-order valence-electron chi connectivity index (χ4n) is 2.94. The van der Waals surface area contributed by atoms with Gasteiger partial charge in [0.05, 0.1) is 11.6 Å². The lowest BCUT2D eigenvalue weighted by Crippen LogP contribution is -2.32. The van der Waals surface area contributed by atoms with Gasteiger partial charge in [0.2, 0.25) is 0 Å². The zero-order valence-electron chi connectivity index (χ0n) is 15.1. The predicted molar refractivity (Wildman–Crippen MR) is 103 cm³/mol. The highest BCUT2D eigenvalue weighted by Crippen LogP contribution is 2.28. The molecule has 0 atom stereocenters. The molecule has 2 heteroatoms. The molecule has 0 amide bonds. The molecule has 1 rings (SSSR count). The molecule has 23 heavy (non-hydrogen) atoms. The van der Waals surface area contributed by atoms with Gasteiger partial charge in [-0.1, -0.05) is 65.2 Å². The topological polar surface area (TPSA) is 23.8 Å². The number of hydrogen-bond donors (Lipinski definition) is 0. The standard InChI is InChI=1S/C21H31NSi/c1-4-7-15-23(16-8-5-2,17-9-6-3)18-14-20-10-12-21(19-22)13-11-20/h10-13H,4-9,15-17H2,1-3H3. The Bertz CT molecular complexity index is 520. The van der Waals surface area contributed by atoms with E-state index in [2.05, 4.69) is 38.3 Å². The zero-order chi connectivity index (χ0) is 17.0. The van der Waals surface area contributed by atoms with E-state index in [9.17, 15) is 0 Å². The molecule has 0 aromatic heterocycles. The lowest BCUT2D eigenvalue weighted by Gasteiger charge is -2.26. The zero-order valence-corrected chi connectivity index (χ0v) is 16.1. The van der Waals surface area contributed by atoms with Crippen LogP contribution in [0, 0.1) is 22.8 Å². The van der Waals surface area contributed by atoms with Crippen LogP contribution >= 0.6 is 0 Å². The third-order valence-electron chi connectivity index (χ3n) is 4.51. The molecule has 0 aliphatic rings. The van der Waals surface area contributed by atoms with Gasteiger partial charge in [0.1, 0.15) is 8.07 Å². The second-order valence-corrected chi connectivity index (χ2v) is 10.8. The Labute approximate surface area is 144 Å². The van der Waals surface area contributed by atoms with Crippen molar-refractivity contribution < 1.29 is 0 Å². The molecule has 0 saturated carbocycles. The van der Waals surface area contributed by atoms with Crippen LogP contribution in [0.5, 0.6) is 0 Å². The Morgan fingerprint density at radius 1 is 0.783 bits per heavy atom.